The molecule has 2 fully saturated rings. The zero-order valence-corrected chi connectivity index (χ0v) is 16.5. The first-order valence-electron chi connectivity index (χ1n) is 10.4. The molecule has 0 amide bonds. The van der Waals surface area contributed by atoms with Crippen molar-refractivity contribution in [3.63, 3.8) is 0 Å². The number of guanidine groups is 1. The normalized spacial score (nSPS) is 20.2. The van der Waals surface area contributed by atoms with Crippen molar-refractivity contribution >= 4 is 5.96 Å². The van der Waals surface area contributed by atoms with Crippen LogP contribution < -0.4 is 5.32 Å². The molecule has 3 rings (SSSR count). The number of aromatic nitrogens is 3. The number of nitrogens with one attached hydrogen (secondary N) is 2. The molecule has 1 aromatic heterocycles. The van der Waals surface area contributed by atoms with E-state index in [0.29, 0.717) is 11.8 Å². The van der Waals surface area contributed by atoms with Crippen LogP contribution in [0, 0.1) is 5.92 Å². The second kappa shape index (κ2) is 11.2. The summed E-state index contributed by atoms with van der Waals surface area (Å²) in [7, 11) is 0. The van der Waals surface area contributed by atoms with Crippen LogP contribution in [-0.2, 0) is 9.47 Å². The zero-order valence-electron chi connectivity index (χ0n) is 16.5. The first-order valence-corrected chi connectivity index (χ1v) is 10.4. The monoisotopic (exact) mass is 378 g/mol. The van der Waals surface area contributed by atoms with E-state index in [1.54, 1.807) is 6.33 Å². The van der Waals surface area contributed by atoms with Crippen LogP contribution in [-0.4, -0.2) is 78.6 Å². The summed E-state index contributed by atoms with van der Waals surface area (Å²) in [5.41, 5.74) is 0. The summed E-state index contributed by atoms with van der Waals surface area (Å²) in [6, 6.07) is 0. The fourth-order valence-electron chi connectivity index (χ4n) is 3.72. The number of hydrogen-bond donors (Lipinski definition) is 2. The molecule has 152 valence electrons. The van der Waals surface area contributed by atoms with Gasteiger partial charge < -0.3 is 19.7 Å². The largest absolute Gasteiger partial charge is 0.381 e. The molecule has 0 saturated carbocycles. The second-order valence-electron chi connectivity index (χ2n) is 7.35. The van der Waals surface area contributed by atoms with Gasteiger partial charge in [0.1, 0.15) is 12.2 Å². The Morgan fingerprint density at radius 2 is 2.15 bits per heavy atom. The fraction of sp³-hybridized carbons (Fsp3) is 0.842. The lowest BCUT2D eigenvalue weighted by Crippen LogP contribution is -2.45. The SMILES string of the molecule is CCNC(=NCCCOCC1CCOCC1)N1CCC(c2ncn[nH]2)CC1. The van der Waals surface area contributed by atoms with Crippen molar-refractivity contribution in [2.24, 2.45) is 10.9 Å². The standard InChI is InChI=1S/C19H34N6O2/c1-2-20-19(21-8-3-11-27-14-16-6-12-26-13-7-16)25-9-4-17(5-10-25)18-22-15-23-24-18/h15-17H,2-14H2,1H3,(H,20,21)(H,22,23,24). The van der Waals surface area contributed by atoms with Crippen molar-refractivity contribution in [1.82, 2.24) is 25.4 Å². The van der Waals surface area contributed by atoms with Gasteiger partial charge in [-0.15, -0.1) is 0 Å². The Bertz CT molecular complexity index is 536. The molecule has 8 nitrogen and oxygen atoms in total. The zero-order chi connectivity index (χ0) is 18.7. The van der Waals surface area contributed by atoms with E-state index in [9.17, 15) is 0 Å². The van der Waals surface area contributed by atoms with Crippen LogP contribution in [0.25, 0.3) is 0 Å². The quantitative estimate of drug-likeness (QED) is 0.407. The number of aliphatic imine (C=N–C) groups is 1. The average Bonchev–Trinajstić information content (AvgIpc) is 3.25. The minimum Gasteiger partial charge on any atom is -0.381 e. The minimum absolute atomic E-state index is 0.477. The molecular weight excluding hydrogens is 344 g/mol. The molecule has 1 aromatic rings. The minimum atomic E-state index is 0.477. The highest BCUT2D eigenvalue weighted by Crippen LogP contribution is 2.24. The molecule has 2 aliphatic heterocycles. The number of H-pyrrole nitrogens is 1. The van der Waals surface area contributed by atoms with Gasteiger partial charge in [-0.2, -0.15) is 5.10 Å². The van der Waals surface area contributed by atoms with Crippen LogP contribution >= 0.6 is 0 Å². The lowest BCUT2D eigenvalue weighted by Gasteiger charge is -2.33. The maximum atomic E-state index is 5.84. The summed E-state index contributed by atoms with van der Waals surface area (Å²) in [5.74, 6) is 3.19. The van der Waals surface area contributed by atoms with Crippen LogP contribution in [0.5, 0.6) is 0 Å². The summed E-state index contributed by atoms with van der Waals surface area (Å²) in [6.45, 7) is 9.23. The molecule has 0 spiro atoms. The Morgan fingerprint density at radius 3 is 2.85 bits per heavy atom. The molecule has 2 N–H and O–H groups in total. The van der Waals surface area contributed by atoms with Gasteiger partial charge in [-0.3, -0.25) is 10.1 Å². The Labute approximate surface area is 162 Å². The third-order valence-corrected chi connectivity index (χ3v) is 5.35. The summed E-state index contributed by atoms with van der Waals surface area (Å²) < 4.78 is 11.2. The molecule has 2 aliphatic rings. The van der Waals surface area contributed by atoms with Gasteiger partial charge in [0, 0.05) is 58.5 Å². The third kappa shape index (κ3) is 6.46. The topological polar surface area (TPSA) is 87.7 Å². The van der Waals surface area contributed by atoms with Gasteiger partial charge in [0.2, 0.25) is 0 Å². The van der Waals surface area contributed by atoms with E-state index in [4.69, 9.17) is 14.5 Å². The van der Waals surface area contributed by atoms with E-state index >= 15 is 0 Å². The number of piperidine rings is 1. The van der Waals surface area contributed by atoms with Crippen molar-refractivity contribution in [2.45, 2.75) is 44.9 Å². The van der Waals surface area contributed by atoms with Crippen LogP contribution in [0.15, 0.2) is 11.3 Å². The van der Waals surface area contributed by atoms with E-state index in [-0.39, 0.29) is 0 Å². The molecule has 3 heterocycles. The lowest BCUT2D eigenvalue weighted by atomic mass is 9.96. The van der Waals surface area contributed by atoms with Gasteiger partial charge in [-0.05, 0) is 44.9 Å². The summed E-state index contributed by atoms with van der Waals surface area (Å²) in [5, 5.41) is 10.4. The fourth-order valence-corrected chi connectivity index (χ4v) is 3.72. The van der Waals surface area contributed by atoms with Gasteiger partial charge >= 0.3 is 0 Å². The van der Waals surface area contributed by atoms with Crippen molar-refractivity contribution in [3.05, 3.63) is 12.2 Å². The van der Waals surface area contributed by atoms with Crippen LogP contribution in [0.4, 0.5) is 0 Å². The Kier molecular flexibility index (Phi) is 8.35. The number of rotatable bonds is 8. The number of aromatic amines is 1. The van der Waals surface area contributed by atoms with Crippen LogP contribution in [0.3, 0.4) is 0 Å². The molecule has 0 aliphatic carbocycles. The van der Waals surface area contributed by atoms with Crippen molar-refractivity contribution in [1.29, 1.82) is 0 Å². The predicted molar refractivity (Wildman–Crippen MR) is 105 cm³/mol. The van der Waals surface area contributed by atoms with Gasteiger partial charge in [0.05, 0.1) is 0 Å². The molecule has 0 unspecified atom stereocenters. The highest BCUT2D eigenvalue weighted by molar-refractivity contribution is 5.80. The highest BCUT2D eigenvalue weighted by Gasteiger charge is 2.24. The van der Waals surface area contributed by atoms with Gasteiger partial charge in [-0.25, -0.2) is 4.98 Å². The van der Waals surface area contributed by atoms with Crippen LogP contribution in [0.2, 0.25) is 0 Å². The molecule has 8 heteroatoms. The molecule has 0 radical (unpaired) electrons. The molecule has 27 heavy (non-hydrogen) atoms. The summed E-state index contributed by atoms with van der Waals surface area (Å²) >= 11 is 0. The van der Waals surface area contributed by atoms with E-state index < -0.39 is 0 Å². The van der Waals surface area contributed by atoms with Crippen molar-refractivity contribution in [2.75, 3.05) is 52.6 Å². The predicted octanol–water partition coefficient (Wildman–Crippen LogP) is 1.78. The Hall–Kier alpha value is -1.67. The molecule has 0 atom stereocenters. The van der Waals surface area contributed by atoms with Crippen molar-refractivity contribution in [3.8, 4) is 0 Å². The van der Waals surface area contributed by atoms with Gasteiger partial charge in [-0.1, -0.05) is 0 Å². The second-order valence-corrected chi connectivity index (χ2v) is 7.35. The maximum absolute atomic E-state index is 5.84. The number of nitrogens with zero attached hydrogens (tertiary/aromatic N) is 4. The summed E-state index contributed by atoms with van der Waals surface area (Å²) in [6.07, 6.45) is 6.98. The molecule has 2 saturated heterocycles. The summed E-state index contributed by atoms with van der Waals surface area (Å²) in [4.78, 5) is 11.5. The van der Waals surface area contributed by atoms with Crippen molar-refractivity contribution < 1.29 is 9.47 Å². The third-order valence-electron chi connectivity index (χ3n) is 5.35. The van der Waals surface area contributed by atoms with Crippen LogP contribution in [0.1, 0.15) is 50.8 Å². The first-order chi connectivity index (χ1) is 13.4. The Balaban J connectivity index is 1.35. The van der Waals surface area contributed by atoms with Gasteiger partial charge in [0.25, 0.3) is 0 Å². The smallest absolute Gasteiger partial charge is 0.193 e. The lowest BCUT2D eigenvalue weighted by molar-refractivity contribution is 0.0205. The van der Waals surface area contributed by atoms with Gasteiger partial charge in [0.15, 0.2) is 5.96 Å². The molecule has 0 aromatic carbocycles. The number of ether oxygens (including phenoxy) is 2. The van der Waals surface area contributed by atoms with E-state index in [2.05, 4.69) is 32.3 Å². The highest BCUT2D eigenvalue weighted by atomic mass is 16.5. The average molecular weight is 379 g/mol. The number of likely N-dealkylation sites (tertiary alicyclic amines) is 1. The Morgan fingerprint density at radius 1 is 1.33 bits per heavy atom. The molecule has 0 bridgehead atoms. The first kappa shape index (κ1) is 20.1. The maximum Gasteiger partial charge on any atom is 0.193 e. The van der Waals surface area contributed by atoms with E-state index in [1.807, 2.05) is 0 Å². The number of hydrogen-bond acceptors (Lipinski definition) is 5. The van der Waals surface area contributed by atoms with E-state index in [0.717, 1.165) is 96.5 Å². The molecular formula is C19H34N6O2. The van der Waals surface area contributed by atoms with E-state index in [1.165, 1.54) is 0 Å².